The van der Waals surface area contributed by atoms with Crippen LogP contribution in [0.1, 0.15) is 23.0 Å². The second-order valence-corrected chi connectivity index (χ2v) is 11.2. The van der Waals surface area contributed by atoms with E-state index in [1.165, 1.54) is 6.07 Å². The molecule has 1 atom stereocenters. The Morgan fingerprint density at radius 1 is 0.947 bits per heavy atom. The van der Waals surface area contributed by atoms with Crippen LogP contribution < -0.4 is 10.0 Å². The summed E-state index contributed by atoms with van der Waals surface area (Å²) >= 11 is 1.65. The number of hydrogen-bond acceptors (Lipinski definition) is 5. The zero-order valence-corrected chi connectivity index (χ0v) is 22.2. The SMILES string of the molecule is Cc1ccccc1S(=O)(=O)NC(=O)N[C@@H](Cc1ccccc1)c1nccn1-c1ccc(-c2ccsc2)cc1. The first-order chi connectivity index (χ1) is 18.4. The smallest absolute Gasteiger partial charge is 0.327 e. The van der Waals surface area contributed by atoms with E-state index in [2.05, 4.69) is 26.5 Å². The van der Waals surface area contributed by atoms with Gasteiger partial charge in [0.05, 0.1) is 10.9 Å². The van der Waals surface area contributed by atoms with E-state index in [-0.39, 0.29) is 4.90 Å². The number of carbonyl (C=O) groups excluding carboxylic acids is 1. The molecule has 0 radical (unpaired) electrons. The molecule has 192 valence electrons. The van der Waals surface area contributed by atoms with Gasteiger partial charge in [0, 0.05) is 18.1 Å². The van der Waals surface area contributed by atoms with Gasteiger partial charge >= 0.3 is 6.03 Å². The molecule has 2 N–H and O–H groups in total. The summed E-state index contributed by atoms with van der Waals surface area (Å²) in [5.41, 5.74) is 4.67. The Hall–Kier alpha value is -4.21. The van der Waals surface area contributed by atoms with Gasteiger partial charge in [-0.3, -0.25) is 0 Å². The lowest BCUT2D eigenvalue weighted by molar-refractivity contribution is 0.241. The van der Waals surface area contributed by atoms with Crippen molar-refractivity contribution in [2.45, 2.75) is 24.3 Å². The average molecular weight is 543 g/mol. The summed E-state index contributed by atoms with van der Waals surface area (Å²) in [6.45, 7) is 1.69. The van der Waals surface area contributed by atoms with Crippen LogP contribution in [0.25, 0.3) is 16.8 Å². The number of urea groups is 1. The largest absolute Gasteiger partial charge is 0.329 e. The first-order valence-electron chi connectivity index (χ1n) is 12.0. The quantitative estimate of drug-likeness (QED) is 0.256. The van der Waals surface area contributed by atoms with Gasteiger partial charge < -0.3 is 9.88 Å². The fraction of sp³-hybridized carbons (Fsp3) is 0.103. The van der Waals surface area contributed by atoms with Crippen molar-refractivity contribution in [3.63, 3.8) is 0 Å². The molecular weight excluding hydrogens is 516 g/mol. The van der Waals surface area contributed by atoms with Crippen LogP contribution in [0, 0.1) is 6.92 Å². The first kappa shape index (κ1) is 25.4. The number of amides is 2. The molecule has 5 rings (SSSR count). The lowest BCUT2D eigenvalue weighted by atomic mass is 10.0. The van der Waals surface area contributed by atoms with E-state index < -0.39 is 22.1 Å². The Morgan fingerprint density at radius 3 is 2.39 bits per heavy atom. The number of sulfonamides is 1. The maximum absolute atomic E-state index is 13.0. The highest BCUT2D eigenvalue weighted by molar-refractivity contribution is 7.90. The van der Waals surface area contributed by atoms with E-state index in [4.69, 9.17) is 0 Å². The van der Waals surface area contributed by atoms with E-state index in [1.807, 2.05) is 70.7 Å². The number of hydrogen-bond donors (Lipinski definition) is 2. The predicted octanol–water partition coefficient (Wildman–Crippen LogP) is 5.88. The third-order valence-corrected chi connectivity index (χ3v) is 8.35. The Labute approximate surface area is 225 Å². The predicted molar refractivity (Wildman–Crippen MR) is 150 cm³/mol. The molecule has 0 bridgehead atoms. The van der Waals surface area contributed by atoms with Crippen LogP contribution in [0.15, 0.2) is 113 Å². The van der Waals surface area contributed by atoms with Crippen LogP contribution in [0.3, 0.4) is 0 Å². The van der Waals surface area contributed by atoms with Gasteiger partial charge in [-0.1, -0.05) is 60.7 Å². The van der Waals surface area contributed by atoms with Gasteiger partial charge in [-0.25, -0.2) is 22.9 Å². The van der Waals surface area contributed by atoms with Gasteiger partial charge in [0.1, 0.15) is 5.82 Å². The summed E-state index contributed by atoms with van der Waals surface area (Å²) in [6, 6.07) is 24.9. The van der Waals surface area contributed by atoms with E-state index in [0.29, 0.717) is 17.8 Å². The second kappa shape index (κ2) is 11.0. The van der Waals surface area contributed by atoms with Crippen molar-refractivity contribution < 1.29 is 13.2 Å². The monoisotopic (exact) mass is 542 g/mol. The molecule has 0 aliphatic rings. The number of rotatable bonds is 8. The summed E-state index contributed by atoms with van der Waals surface area (Å²) in [6.07, 6.45) is 3.92. The van der Waals surface area contributed by atoms with Crippen LogP contribution in [-0.2, 0) is 16.4 Å². The van der Waals surface area contributed by atoms with Crippen molar-refractivity contribution in [2.24, 2.45) is 0 Å². The molecule has 2 heterocycles. The number of benzene rings is 3. The highest BCUT2D eigenvalue weighted by Gasteiger charge is 2.25. The number of carbonyl (C=O) groups is 1. The molecule has 3 aromatic carbocycles. The highest BCUT2D eigenvalue weighted by Crippen LogP contribution is 2.26. The number of nitrogens with one attached hydrogen (secondary N) is 2. The normalized spacial score (nSPS) is 12.1. The molecule has 2 aromatic heterocycles. The van der Waals surface area contributed by atoms with Crippen LogP contribution in [0.5, 0.6) is 0 Å². The van der Waals surface area contributed by atoms with Crippen LogP contribution in [0.4, 0.5) is 4.79 Å². The minimum atomic E-state index is -4.05. The number of aryl methyl sites for hydroxylation is 1. The van der Waals surface area contributed by atoms with Gasteiger partial charge in [-0.05, 0) is 70.6 Å². The molecule has 0 spiro atoms. The van der Waals surface area contributed by atoms with Crippen molar-refractivity contribution in [1.82, 2.24) is 19.6 Å². The van der Waals surface area contributed by atoms with E-state index in [9.17, 15) is 13.2 Å². The Morgan fingerprint density at radius 2 is 1.68 bits per heavy atom. The molecule has 2 amide bonds. The summed E-state index contributed by atoms with van der Waals surface area (Å²) in [5, 5.41) is 6.99. The van der Waals surface area contributed by atoms with Crippen LogP contribution in [-0.4, -0.2) is 24.0 Å². The van der Waals surface area contributed by atoms with Crippen molar-refractivity contribution in [3.8, 4) is 16.8 Å². The number of aromatic nitrogens is 2. The topological polar surface area (TPSA) is 93.1 Å². The van der Waals surface area contributed by atoms with Crippen molar-refractivity contribution in [3.05, 3.63) is 125 Å². The molecule has 38 heavy (non-hydrogen) atoms. The van der Waals surface area contributed by atoms with Gasteiger partial charge in [0.2, 0.25) is 0 Å². The van der Waals surface area contributed by atoms with Crippen molar-refractivity contribution >= 4 is 27.4 Å². The molecule has 0 saturated carbocycles. The lowest BCUT2D eigenvalue weighted by Gasteiger charge is -2.21. The Balaban J connectivity index is 1.43. The fourth-order valence-electron chi connectivity index (χ4n) is 4.31. The molecule has 0 unspecified atom stereocenters. The molecule has 5 aromatic rings. The molecule has 9 heteroatoms. The van der Waals surface area contributed by atoms with Crippen LogP contribution in [0.2, 0.25) is 0 Å². The summed E-state index contributed by atoms with van der Waals surface area (Å²) in [5.74, 6) is 0.584. The highest BCUT2D eigenvalue weighted by atomic mass is 32.2. The molecule has 0 aliphatic heterocycles. The standard InChI is InChI=1S/C29H26N4O3S2/c1-21-7-5-6-10-27(21)38(35,36)32-29(34)31-26(19-22-8-3-2-4-9-22)28-30-16-17-33(28)25-13-11-23(12-14-25)24-15-18-37-20-24/h2-18,20,26H,19H2,1H3,(H2,31,32,34)/t26-/m0/s1. The third kappa shape index (κ3) is 5.69. The molecule has 0 fully saturated rings. The summed E-state index contributed by atoms with van der Waals surface area (Å²) in [7, 11) is -4.05. The fourth-order valence-corrected chi connectivity index (χ4v) is 6.14. The maximum atomic E-state index is 13.0. The molecular formula is C29H26N4O3S2. The lowest BCUT2D eigenvalue weighted by Crippen LogP contribution is -2.42. The van der Waals surface area contributed by atoms with E-state index >= 15 is 0 Å². The Kier molecular flexibility index (Phi) is 7.39. The number of imidazole rings is 1. The number of nitrogens with zero attached hydrogens (tertiary/aromatic N) is 2. The minimum absolute atomic E-state index is 0.0574. The Bertz CT molecular complexity index is 1630. The summed E-state index contributed by atoms with van der Waals surface area (Å²) in [4.78, 5) is 17.6. The van der Waals surface area contributed by atoms with Gasteiger partial charge in [0.25, 0.3) is 10.0 Å². The zero-order valence-electron chi connectivity index (χ0n) is 20.6. The second-order valence-electron chi connectivity index (χ2n) is 8.80. The third-order valence-electron chi connectivity index (χ3n) is 6.18. The van der Waals surface area contributed by atoms with Gasteiger partial charge in [0.15, 0.2) is 0 Å². The zero-order chi connectivity index (χ0) is 26.5. The van der Waals surface area contributed by atoms with E-state index in [0.717, 1.165) is 22.4 Å². The van der Waals surface area contributed by atoms with Crippen molar-refractivity contribution in [1.29, 1.82) is 0 Å². The summed E-state index contributed by atoms with van der Waals surface area (Å²) < 4.78 is 29.9. The maximum Gasteiger partial charge on any atom is 0.329 e. The average Bonchev–Trinajstić information content (AvgIpc) is 3.62. The molecule has 7 nitrogen and oxygen atoms in total. The molecule has 0 aliphatic carbocycles. The van der Waals surface area contributed by atoms with E-state index in [1.54, 1.807) is 42.7 Å². The van der Waals surface area contributed by atoms with Gasteiger partial charge in [-0.15, -0.1) is 0 Å². The van der Waals surface area contributed by atoms with Gasteiger partial charge in [-0.2, -0.15) is 11.3 Å². The van der Waals surface area contributed by atoms with Crippen LogP contribution >= 0.6 is 11.3 Å². The number of thiophene rings is 1. The molecule has 0 saturated heterocycles. The van der Waals surface area contributed by atoms with Crippen molar-refractivity contribution in [2.75, 3.05) is 0 Å². The first-order valence-corrected chi connectivity index (χ1v) is 14.4. The minimum Gasteiger partial charge on any atom is -0.327 e.